The number of ether oxygens (including phenoxy) is 1. The smallest absolute Gasteiger partial charge is 0.230 e. The van der Waals surface area contributed by atoms with Crippen molar-refractivity contribution >= 4 is 34.1 Å². The van der Waals surface area contributed by atoms with Gasteiger partial charge in [-0.25, -0.2) is 4.98 Å². The number of aromatic nitrogens is 1. The van der Waals surface area contributed by atoms with Gasteiger partial charge in [-0.2, -0.15) is 11.8 Å². The van der Waals surface area contributed by atoms with Gasteiger partial charge in [-0.05, 0) is 32.4 Å². The summed E-state index contributed by atoms with van der Waals surface area (Å²) in [4.78, 5) is 20.5. The van der Waals surface area contributed by atoms with Crippen LogP contribution in [0.4, 0.5) is 5.13 Å². The Morgan fingerprint density at radius 2 is 2.36 bits per heavy atom. The Balaban J connectivity index is 1.43. The molecule has 3 aliphatic heterocycles. The number of aryl methyl sites for hydroxylation is 2. The van der Waals surface area contributed by atoms with Gasteiger partial charge in [-0.1, -0.05) is 6.92 Å². The molecule has 4 heterocycles. The topological polar surface area (TPSA) is 54.5 Å². The summed E-state index contributed by atoms with van der Waals surface area (Å²) in [5, 5.41) is 4.28. The molecular weight excluding hydrogens is 354 g/mol. The molecule has 1 amide bonds. The number of hydrogen-bond donors (Lipinski definition) is 1. The normalized spacial score (nSPS) is 33.1. The van der Waals surface area contributed by atoms with Crippen LogP contribution in [0.3, 0.4) is 0 Å². The zero-order valence-electron chi connectivity index (χ0n) is 15.2. The Bertz CT molecular complexity index is 645. The van der Waals surface area contributed by atoms with E-state index in [1.54, 1.807) is 23.1 Å². The number of nitrogens with one attached hydrogen (secondary N) is 1. The molecule has 0 radical (unpaired) electrons. The molecule has 7 heteroatoms. The first-order valence-electron chi connectivity index (χ1n) is 9.23. The van der Waals surface area contributed by atoms with E-state index >= 15 is 0 Å². The quantitative estimate of drug-likeness (QED) is 0.821. The van der Waals surface area contributed by atoms with Crippen molar-refractivity contribution in [2.75, 3.05) is 36.0 Å². The molecule has 4 rings (SSSR count). The van der Waals surface area contributed by atoms with Crippen molar-refractivity contribution < 1.29 is 9.53 Å². The second kappa shape index (κ2) is 6.74. The molecule has 5 nitrogen and oxygen atoms in total. The second-order valence-electron chi connectivity index (χ2n) is 7.49. The highest BCUT2D eigenvalue weighted by Gasteiger charge is 2.63. The largest absolute Gasteiger partial charge is 0.369 e. The summed E-state index contributed by atoms with van der Waals surface area (Å²) >= 11 is 3.46. The summed E-state index contributed by atoms with van der Waals surface area (Å²) in [5.74, 6) is 2.65. The fourth-order valence-corrected chi connectivity index (χ4v) is 6.09. The maximum absolute atomic E-state index is 12.0. The molecule has 4 atom stereocenters. The zero-order chi connectivity index (χ0) is 17.6. The van der Waals surface area contributed by atoms with Gasteiger partial charge >= 0.3 is 0 Å². The lowest BCUT2D eigenvalue weighted by Crippen LogP contribution is -2.42. The van der Waals surface area contributed by atoms with E-state index in [0.29, 0.717) is 23.7 Å². The van der Waals surface area contributed by atoms with Gasteiger partial charge in [0.25, 0.3) is 0 Å². The summed E-state index contributed by atoms with van der Waals surface area (Å²) in [5.41, 5.74) is 1.13. The van der Waals surface area contributed by atoms with Crippen LogP contribution in [0.1, 0.15) is 30.3 Å². The van der Waals surface area contributed by atoms with E-state index in [2.05, 4.69) is 31.0 Å². The first-order chi connectivity index (χ1) is 12.0. The van der Waals surface area contributed by atoms with Crippen molar-refractivity contribution in [3.05, 3.63) is 10.6 Å². The number of anilines is 1. The maximum Gasteiger partial charge on any atom is 0.230 e. The van der Waals surface area contributed by atoms with Crippen LogP contribution in [-0.4, -0.2) is 53.7 Å². The number of nitrogens with zero attached hydrogens (tertiary/aromatic N) is 2. The van der Waals surface area contributed by atoms with Gasteiger partial charge in [-0.3, -0.25) is 4.79 Å². The van der Waals surface area contributed by atoms with Crippen LogP contribution in [0, 0.1) is 25.7 Å². The summed E-state index contributed by atoms with van der Waals surface area (Å²) in [6.45, 7) is 9.02. The molecule has 3 saturated heterocycles. The number of thioether (sulfide) groups is 1. The van der Waals surface area contributed by atoms with Crippen LogP contribution in [-0.2, 0) is 9.53 Å². The van der Waals surface area contributed by atoms with Crippen molar-refractivity contribution in [3.63, 3.8) is 0 Å². The summed E-state index contributed by atoms with van der Waals surface area (Å²) in [6.07, 6.45) is 2.61. The van der Waals surface area contributed by atoms with Crippen LogP contribution < -0.4 is 10.2 Å². The van der Waals surface area contributed by atoms with Crippen LogP contribution in [0.2, 0.25) is 0 Å². The fraction of sp³-hybridized carbons (Fsp3) is 0.778. The van der Waals surface area contributed by atoms with E-state index < -0.39 is 0 Å². The maximum atomic E-state index is 12.0. The highest BCUT2D eigenvalue weighted by molar-refractivity contribution is 7.99. The predicted molar refractivity (Wildman–Crippen MR) is 104 cm³/mol. The van der Waals surface area contributed by atoms with E-state index in [4.69, 9.17) is 9.72 Å². The van der Waals surface area contributed by atoms with E-state index in [9.17, 15) is 4.79 Å². The molecule has 3 aliphatic rings. The first-order valence-corrected chi connectivity index (χ1v) is 11.2. The highest BCUT2D eigenvalue weighted by atomic mass is 32.2. The molecule has 1 N–H and O–H groups in total. The van der Waals surface area contributed by atoms with Gasteiger partial charge in [0, 0.05) is 36.3 Å². The molecule has 1 spiro atoms. The van der Waals surface area contributed by atoms with E-state index in [-0.39, 0.29) is 11.5 Å². The second-order valence-corrected chi connectivity index (χ2v) is 9.95. The van der Waals surface area contributed by atoms with Crippen LogP contribution in [0.15, 0.2) is 0 Å². The number of carbonyl (C=O) groups excluding carboxylic acids is 1. The van der Waals surface area contributed by atoms with Crippen LogP contribution in [0.25, 0.3) is 0 Å². The first kappa shape index (κ1) is 17.6. The number of thiazole rings is 1. The van der Waals surface area contributed by atoms with Gasteiger partial charge in [0.1, 0.15) is 0 Å². The van der Waals surface area contributed by atoms with Gasteiger partial charge in [0.15, 0.2) is 5.13 Å². The molecule has 0 aromatic carbocycles. The van der Waals surface area contributed by atoms with E-state index in [0.717, 1.165) is 49.1 Å². The minimum atomic E-state index is -0.00823. The van der Waals surface area contributed by atoms with Gasteiger partial charge in [-0.15, -0.1) is 11.3 Å². The molecule has 1 aromatic rings. The monoisotopic (exact) mass is 381 g/mol. The molecule has 3 fully saturated rings. The lowest BCUT2D eigenvalue weighted by molar-refractivity contribution is -0.118. The van der Waals surface area contributed by atoms with Crippen LogP contribution in [0.5, 0.6) is 0 Å². The Hall–Kier alpha value is -0.790. The molecule has 0 unspecified atom stereocenters. The number of amides is 1. The molecule has 25 heavy (non-hydrogen) atoms. The Morgan fingerprint density at radius 3 is 3.08 bits per heavy atom. The Labute approximate surface area is 157 Å². The minimum absolute atomic E-state index is 0.00823. The van der Waals surface area contributed by atoms with Crippen LogP contribution >= 0.6 is 23.1 Å². The third-order valence-electron chi connectivity index (χ3n) is 6.04. The van der Waals surface area contributed by atoms with Crippen molar-refractivity contribution in [2.45, 2.75) is 45.3 Å². The number of rotatable bonds is 6. The molecule has 138 valence electrons. The SMILES string of the molecule is CCSCC(=O)NC[C@H]1[C@H]2CN(c3nc(C)c(C)s3)C[C@]23CC[C@H]1O3. The lowest BCUT2D eigenvalue weighted by Gasteiger charge is -2.29. The fourth-order valence-electron chi connectivity index (χ4n) is 4.68. The average Bonchev–Trinajstić information content (AvgIpc) is 3.31. The summed E-state index contributed by atoms with van der Waals surface area (Å²) in [6, 6.07) is 0. The van der Waals surface area contributed by atoms with Crippen molar-refractivity contribution in [2.24, 2.45) is 11.8 Å². The molecule has 2 bridgehead atoms. The Kier molecular flexibility index (Phi) is 4.75. The zero-order valence-corrected chi connectivity index (χ0v) is 16.8. The summed E-state index contributed by atoms with van der Waals surface area (Å²) in [7, 11) is 0. The average molecular weight is 382 g/mol. The van der Waals surface area contributed by atoms with Crippen molar-refractivity contribution in [1.29, 1.82) is 0 Å². The predicted octanol–water partition coefficient (Wildman–Crippen LogP) is 2.61. The number of fused-ring (bicyclic) bond motifs is 1. The number of hydrogen-bond acceptors (Lipinski definition) is 6. The third-order valence-corrected chi connectivity index (χ3v) is 8.05. The minimum Gasteiger partial charge on any atom is -0.369 e. The van der Waals surface area contributed by atoms with Crippen molar-refractivity contribution in [3.8, 4) is 0 Å². The summed E-state index contributed by atoms with van der Waals surface area (Å²) < 4.78 is 6.48. The Morgan fingerprint density at radius 1 is 1.52 bits per heavy atom. The van der Waals surface area contributed by atoms with Crippen molar-refractivity contribution in [1.82, 2.24) is 10.3 Å². The molecule has 0 saturated carbocycles. The molecular formula is C18H27N3O2S2. The van der Waals surface area contributed by atoms with Gasteiger partial charge in [0.05, 0.1) is 23.2 Å². The molecule has 0 aliphatic carbocycles. The lowest BCUT2D eigenvalue weighted by atomic mass is 9.73. The standard InChI is InChI=1S/C18H27N3O2S2/c1-4-24-9-16(22)19-7-13-14-8-21(17-20-11(2)12(3)25-17)10-18(14)6-5-15(13)23-18/h13-15H,4-10H2,1-3H3,(H,19,22)/t13-,14+,15+,18+/m0/s1. The number of carbonyl (C=O) groups is 1. The van der Waals surface area contributed by atoms with Gasteiger partial charge < -0.3 is 15.0 Å². The molecule has 1 aromatic heterocycles. The third kappa shape index (κ3) is 3.08. The van der Waals surface area contributed by atoms with E-state index in [1.165, 1.54) is 4.88 Å². The van der Waals surface area contributed by atoms with Gasteiger partial charge in [0.2, 0.25) is 5.91 Å². The van der Waals surface area contributed by atoms with E-state index in [1.807, 2.05) is 0 Å². The highest BCUT2D eigenvalue weighted by Crippen LogP contribution is 2.55.